The first-order valence-electron chi connectivity index (χ1n) is 9.98. The highest BCUT2D eigenvalue weighted by Crippen LogP contribution is 2.33. The van der Waals surface area contributed by atoms with Crippen LogP contribution in [0.2, 0.25) is 0 Å². The summed E-state index contributed by atoms with van der Waals surface area (Å²) in [5.41, 5.74) is 7.85. The molecule has 10 nitrogen and oxygen atoms in total. The number of nitrogens with zero attached hydrogens (tertiary/aromatic N) is 4. The molecule has 0 unspecified atom stereocenters. The van der Waals surface area contributed by atoms with Crippen molar-refractivity contribution >= 4 is 22.6 Å². The molecule has 0 aliphatic heterocycles. The van der Waals surface area contributed by atoms with Crippen LogP contribution in [0.5, 0.6) is 11.5 Å². The van der Waals surface area contributed by atoms with E-state index in [-0.39, 0.29) is 11.3 Å². The summed E-state index contributed by atoms with van der Waals surface area (Å²) < 4.78 is 12.1. The molecule has 0 radical (unpaired) electrons. The first-order valence-corrected chi connectivity index (χ1v) is 9.98. The summed E-state index contributed by atoms with van der Waals surface area (Å²) in [6, 6.07) is 10.5. The number of carbonyl (C=O) groups excluding carboxylic acids is 1. The lowest BCUT2D eigenvalue weighted by atomic mass is 10.1. The number of aryl methyl sites for hydroxylation is 1. The van der Waals surface area contributed by atoms with Crippen LogP contribution in [0, 0.1) is 0 Å². The van der Waals surface area contributed by atoms with E-state index < -0.39 is 5.91 Å². The highest BCUT2D eigenvalue weighted by Gasteiger charge is 2.15. The number of hydrogen-bond donors (Lipinski definition) is 2. The van der Waals surface area contributed by atoms with Crippen LogP contribution in [0.4, 0.5) is 5.82 Å². The quantitative estimate of drug-likeness (QED) is 0.441. The number of amides is 1. The highest BCUT2D eigenvalue weighted by atomic mass is 16.5. The fraction of sp³-hybridized carbons (Fsp3) is 0.174. The Balaban J connectivity index is 1.80. The summed E-state index contributed by atoms with van der Waals surface area (Å²) in [7, 11) is 4.75. The predicted molar refractivity (Wildman–Crippen MR) is 123 cm³/mol. The molecule has 1 aromatic carbocycles. The molecular weight excluding hydrogens is 424 g/mol. The van der Waals surface area contributed by atoms with Gasteiger partial charge in [0.1, 0.15) is 16.9 Å². The number of ether oxygens (including phenoxy) is 2. The third-order valence-corrected chi connectivity index (χ3v) is 5.12. The molecule has 168 valence electrons. The standard InChI is InChI=1S/C23H22N6O4/c1-29-12-27-16-10-15(14-4-5-18(32-2)19(9-14)33-3)28-22(20(16)23(29)31)26-11-13-6-7-25-17(8-13)21(24)30/h4-10,12H,11H2,1-3H3,(H2,24,30)(H,26,28). The topological polar surface area (TPSA) is 134 Å². The van der Waals surface area contributed by atoms with Gasteiger partial charge < -0.3 is 25.1 Å². The Bertz CT molecular complexity index is 1420. The average molecular weight is 446 g/mol. The fourth-order valence-corrected chi connectivity index (χ4v) is 3.40. The molecular formula is C23H22N6O4. The number of rotatable bonds is 7. The molecule has 0 spiro atoms. The van der Waals surface area contributed by atoms with Crippen LogP contribution in [0.25, 0.3) is 22.2 Å². The number of pyridine rings is 2. The van der Waals surface area contributed by atoms with Gasteiger partial charge in [-0.05, 0) is 42.0 Å². The summed E-state index contributed by atoms with van der Waals surface area (Å²) in [5.74, 6) is 0.895. The summed E-state index contributed by atoms with van der Waals surface area (Å²) in [5, 5.41) is 3.55. The number of anilines is 1. The lowest BCUT2D eigenvalue weighted by molar-refractivity contribution is 0.0995. The van der Waals surface area contributed by atoms with Crippen molar-refractivity contribution in [2.45, 2.75) is 6.54 Å². The van der Waals surface area contributed by atoms with Gasteiger partial charge in [-0.2, -0.15) is 0 Å². The number of hydrogen-bond acceptors (Lipinski definition) is 8. The number of nitrogens with one attached hydrogen (secondary N) is 1. The lowest BCUT2D eigenvalue weighted by Gasteiger charge is -2.13. The van der Waals surface area contributed by atoms with Gasteiger partial charge in [-0.1, -0.05) is 0 Å². The predicted octanol–water partition coefficient (Wildman–Crippen LogP) is 2.12. The summed E-state index contributed by atoms with van der Waals surface area (Å²) in [6.07, 6.45) is 2.97. The molecule has 0 saturated heterocycles. The van der Waals surface area contributed by atoms with E-state index >= 15 is 0 Å². The Morgan fingerprint density at radius 2 is 1.88 bits per heavy atom. The Morgan fingerprint density at radius 3 is 2.61 bits per heavy atom. The van der Waals surface area contributed by atoms with Gasteiger partial charge in [-0.15, -0.1) is 0 Å². The van der Waals surface area contributed by atoms with Crippen LogP contribution in [0.3, 0.4) is 0 Å². The van der Waals surface area contributed by atoms with Crippen LogP contribution in [-0.4, -0.2) is 39.6 Å². The zero-order valence-electron chi connectivity index (χ0n) is 18.3. The van der Waals surface area contributed by atoms with Crippen LogP contribution in [-0.2, 0) is 13.6 Å². The van der Waals surface area contributed by atoms with Crippen LogP contribution >= 0.6 is 0 Å². The van der Waals surface area contributed by atoms with Gasteiger partial charge in [0.05, 0.1) is 31.8 Å². The van der Waals surface area contributed by atoms with Gasteiger partial charge in [0.25, 0.3) is 11.5 Å². The zero-order chi connectivity index (χ0) is 23.5. The molecule has 3 aromatic heterocycles. The van der Waals surface area contributed by atoms with Crippen molar-refractivity contribution in [3.05, 3.63) is 70.5 Å². The molecule has 4 aromatic rings. The van der Waals surface area contributed by atoms with Crippen LogP contribution < -0.4 is 26.1 Å². The second-order valence-corrected chi connectivity index (χ2v) is 7.25. The molecule has 0 saturated carbocycles. The molecule has 0 atom stereocenters. The molecule has 33 heavy (non-hydrogen) atoms. The molecule has 1 amide bonds. The Labute approximate surface area is 189 Å². The monoisotopic (exact) mass is 446 g/mol. The van der Waals surface area contributed by atoms with Crippen LogP contribution in [0.15, 0.2) is 53.7 Å². The maximum atomic E-state index is 12.9. The van der Waals surface area contributed by atoms with Gasteiger partial charge in [0.15, 0.2) is 11.5 Å². The number of benzene rings is 1. The molecule has 0 bridgehead atoms. The van der Waals surface area contributed by atoms with E-state index in [2.05, 4.69) is 15.3 Å². The van der Waals surface area contributed by atoms with Gasteiger partial charge in [-0.3, -0.25) is 14.6 Å². The van der Waals surface area contributed by atoms with Crippen molar-refractivity contribution in [2.24, 2.45) is 12.8 Å². The molecule has 0 fully saturated rings. The number of aromatic nitrogens is 4. The SMILES string of the molecule is COc1ccc(-c2cc3ncn(C)c(=O)c3c(NCc3ccnc(C(N)=O)c3)n2)cc1OC. The number of carbonyl (C=O) groups is 1. The van der Waals surface area contributed by atoms with E-state index in [1.165, 1.54) is 17.1 Å². The zero-order valence-corrected chi connectivity index (χ0v) is 18.3. The molecule has 10 heteroatoms. The van der Waals surface area contributed by atoms with Gasteiger partial charge in [0.2, 0.25) is 0 Å². The third-order valence-electron chi connectivity index (χ3n) is 5.12. The van der Waals surface area contributed by atoms with E-state index in [1.54, 1.807) is 51.6 Å². The maximum absolute atomic E-state index is 12.9. The lowest BCUT2D eigenvalue weighted by Crippen LogP contribution is -2.19. The Kier molecular flexibility index (Phi) is 5.90. The number of methoxy groups -OCH3 is 2. The number of primary amides is 1. The van der Waals surface area contributed by atoms with Crippen molar-refractivity contribution in [1.29, 1.82) is 0 Å². The molecule has 4 rings (SSSR count). The maximum Gasteiger partial charge on any atom is 0.267 e. The first kappa shape index (κ1) is 21.8. The second kappa shape index (κ2) is 8.95. The summed E-state index contributed by atoms with van der Waals surface area (Å²) >= 11 is 0. The largest absolute Gasteiger partial charge is 0.493 e. The average Bonchev–Trinajstić information content (AvgIpc) is 2.84. The van der Waals surface area contributed by atoms with E-state index in [9.17, 15) is 9.59 Å². The molecule has 3 N–H and O–H groups in total. The minimum absolute atomic E-state index is 0.156. The van der Waals surface area contributed by atoms with E-state index in [1.807, 2.05) is 6.07 Å². The Morgan fingerprint density at radius 1 is 1.09 bits per heavy atom. The van der Waals surface area contributed by atoms with E-state index in [0.29, 0.717) is 40.5 Å². The summed E-state index contributed by atoms with van der Waals surface area (Å²) in [4.78, 5) is 37.4. The summed E-state index contributed by atoms with van der Waals surface area (Å²) in [6.45, 7) is 0.290. The number of nitrogens with two attached hydrogens (primary N) is 1. The van der Waals surface area contributed by atoms with Crippen LogP contribution in [0.1, 0.15) is 16.1 Å². The molecule has 0 aliphatic rings. The normalized spacial score (nSPS) is 10.8. The highest BCUT2D eigenvalue weighted by molar-refractivity contribution is 5.92. The van der Waals surface area contributed by atoms with Crippen molar-refractivity contribution < 1.29 is 14.3 Å². The van der Waals surface area contributed by atoms with Crippen molar-refractivity contribution in [1.82, 2.24) is 19.5 Å². The van der Waals surface area contributed by atoms with Gasteiger partial charge in [-0.25, -0.2) is 9.97 Å². The minimum atomic E-state index is -0.617. The van der Waals surface area contributed by atoms with E-state index in [0.717, 1.165) is 11.1 Å². The smallest absolute Gasteiger partial charge is 0.267 e. The number of fused-ring (bicyclic) bond motifs is 1. The third kappa shape index (κ3) is 4.31. The minimum Gasteiger partial charge on any atom is -0.493 e. The van der Waals surface area contributed by atoms with Gasteiger partial charge >= 0.3 is 0 Å². The van der Waals surface area contributed by atoms with Gasteiger partial charge in [0, 0.05) is 25.4 Å². The second-order valence-electron chi connectivity index (χ2n) is 7.25. The Hall–Kier alpha value is -4.47. The fourth-order valence-electron chi connectivity index (χ4n) is 3.40. The van der Waals surface area contributed by atoms with Crippen molar-refractivity contribution in [2.75, 3.05) is 19.5 Å². The molecule has 0 aliphatic carbocycles. The molecule has 3 heterocycles. The van der Waals surface area contributed by atoms with Crippen molar-refractivity contribution in [3.8, 4) is 22.8 Å². The van der Waals surface area contributed by atoms with E-state index in [4.69, 9.17) is 20.2 Å². The first-order chi connectivity index (χ1) is 15.9. The van der Waals surface area contributed by atoms with Crippen molar-refractivity contribution in [3.63, 3.8) is 0 Å².